The van der Waals surface area contributed by atoms with Crippen molar-refractivity contribution in [3.05, 3.63) is 142 Å². The highest BCUT2D eigenvalue weighted by atomic mass is 32.2. The second-order valence-electron chi connectivity index (χ2n) is 9.83. The van der Waals surface area contributed by atoms with Gasteiger partial charge in [0.05, 0.1) is 16.6 Å². The molecule has 2 heterocycles. The summed E-state index contributed by atoms with van der Waals surface area (Å²) < 4.78 is 16.1. The van der Waals surface area contributed by atoms with Crippen molar-refractivity contribution in [1.82, 2.24) is 9.47 Å². The molecule has 1 aliphatic heterocycles. The fraction of sp³-hybridized carbons (Fsp3) is 0.118. The Kier molecular flexibility index (Phi) is 7.10. The van der Waals surface area contributed by atoms with Gasteiger partial charge < -0.3 is 4.57 Å². The number of para-hydroxylation sites is 2. The van der Waals surface area contributed by atoms with Crippen LogP contribution in [-0.4, -0.2) is 20.5 Å². The molecule has 40 heavy (non-hydrogen) atoms. The van der Waals surface area contributed by atoms with Crippen LogP contribution in [0.25, 0.3) is 17.0 Å². The fourth-order valence-electron chi connectivity index (χ4n) is 5.19. The number of thioether (sulfide) groups is 1. The molecule has 1 aromatic heterocycles. The molecule has 1 fully saturated rings. The second kappa shape index (κ2) is 11.0. The number of aromatic nitrogens is 1. The molecule has 0 N–H and O–H groups in total. The fourth-order valence-corrected chi connectivity index (χ4v) is 6.24. The Morgan fingerprint density at radius 2 is 1.60 bits per heavy atom. The lowest BCUT2D eigenvalue weighted by Gasteiger charge is -2.24. The zero-order valence-corrected chi connectivity index (χ0v) is 23.1. The zero-order valence-electron chi connectivity index (χ0n) is 22.3. The average Bonchev–Trinajstić information content (AvgIpc) is 3.42. The van der Waals surface area contributed by atoms with Gasteiger partial charge in [-0.1, -0.05) is 78.9 Å². The molecule has 1 amide bonds. The van der Waals surface area contributed by atoms with E-state index in [0.29, 0.717) is 16.6 Å². The predicted molar refractivity (Wildman–Crippen MR) is 163 cm³/mol. The molecule has 1 atom stereocenters. The molecule has 0 radical (unpaired) electrons. The van der Waals surface area contributed by atoms with Gasteiger partial charge in [-0.2, -0.15) is 0 Å². The molecule has 1 saturated heterocycles. The summed E-state index contributed by atoms with van der Waals surface area (Å²) >= 11 is 1.40. The summed E-state index contributed by atoms with van der Waals surface area (Å²) in [6.07, 6.45) is 1.99. The third-order valence-corrected chi connectivity index (χ3v) is 8.25. The van der Waals surface area contributed by atoms with E-state index >= 15 is 0 Å². The molecule has 5 aromatic rings. The van der Waals surface area contributed by atoms with E-state index in [1.165, 1.54) is 17.8 Å². The number of hydrogen-bond donors (Lipinski definition) is 0. The molecular weight excluding hydrogens is 517 g/mol. The van der Waals surface area contributed by atoms with E-state index in [1.807, 2.05) is 91.9 Å². The normalized spacial score (nSPS) is 16.4. The van der Waals surface area contributed by atoms with Crippen LogP contribution >= 0.6 is 11.8 Å². The number of carbonyl (C=O) groups is 1. The highest BCUT2D eigenvalue weighted by Gasteiger charge is 2.37. The minimum Gasteiger partial charge on any atom is -0.340 e. The minimum absolute atomic E-state index is 0.0719. The molecule has 0 unspecified atom stereocenters. The summed E-state index contributed by atoms with van der Waals surface area (Å²) in [7, 11) is 0. The maximum atomic E-state index is 14.0. The van der Waals surface area contributed by atoms with Crippen LogP contribution < -0.4 is 0 Å². The van der Waals surface area contributed by atoms with Gasteiger partial charge in [0, 0.05) is 28.7 Å². The lowest BCUT2D eigenvalue weighted by Crippen LogP contribution is -2.32. The van der Waals surface area contributed by atoms with E-state index in [-0.39, 0.29) is 17.8 Å². The minimum atomic E-state index is -0.250. The lowest BCUT2D eigenvalue weighted by atomic mass is 10.1. The van der Waals surface area contributed by atoms with Gasteiger partial charge >= 0.3 is 0 Å². The first-order chi connectivity index (χ1) is 19.5. The van der Waals surface area contributed by atoms with E-state index < -0.39 is 0 Å². The van der Waals surface area contributed by atoms with Crippen molar-refractivity contribution in [1.29, 1.82) is 0 Å². The predicted octanol–water partition coefficient (Wildman–Crippen LogP) is 8.50. The topological polar surface area (TPSA) is 37.6 Å². The van der Waals surface area contributed by atoms with Crippen molar-refractivity contribution in [2.24, 2.45) is 4.99 Å². The number of amides is 1. The van der Waals surface area contributed by atoms with Crippen molar-refractivity contribution in [3.8, 4) is 0 Å². The van der Waals surface area contributed by atoms with Gasteiger partial charge in [-0.3, -0.25) is 9.69 Å². The Hall–Kier alpha value is -4.42. The number of halogens is 1. The largest absolute Gasteiger partial charge is 0.340 e. The molecule has 0 saturated carbocycles. The van der Waals surface area contributed by atoms with Gasteiger partial charge in [0.15, 0.2) is 5.17 Å². The maximum Gasteiger partial charge on any atom is 0.267 e. The van der Waals surface area contributed by atoms with Crippen LogP contribution in [0.1, 0.15) is 35.3 Å². The molecule has 198 valence electrons. The number of carbonyl (C=O) groups excluding carboxylic acids is 1. The molecule has 6 heteroatoms. The molecule has 4 aromatic carbocycles. The molecule has 0 spiro atoms. The molecule has 4 nitrogen and oxygen atoms in total. The van der Waals surface area contributed by atoms with Gasteiger partial charge in [-0.05, 0) is 73.1 Å². The number of nitrogens with zero attached hydrogens (tertiary/aromatic N) is 3. The third-order valence-electron chi connectivity index (χ3n) is 7.27. The lowest BCUT2D eigenvalue weighted by molar-refractivity contribution is -0.123. The highest BCUT2D eigenvalue weighted by Crippen LogP contribution is 2.40. The first kappa shape index (κ1) is 25.8. The molecular formula is C34H28FN3OS. The van der Waals surface area contributed by atoms with Crippen molar-refractivity contribution in [2.75, 3.05) is 0 Å². The Morgan fingerprint density at radius 3 is 2.35 bits per heavy atom. The van der Waals surface area contributed by atoms with Crippen LogP contribution in [0.4, 0.5) is 10.1 Å². The van der Waals surface area contributed by atoms with Crippen LogP contribution in [0.5, 0.6) is 0 Å². The summed E-state index contributed by atoms with van der Waals surface area (Å²) in [5.74, 6) is -0.322. The summed E-state index contributed by atoms with van der Waals surface area (Å²) in [5, 5.41) is 1.70. The Labute approximate surface area is 237 Å². The zero-order chi connectivity index (χ0) is 27.6. The van der Waals surface area contributed by atoms with Gasteiger partial charge in [0.1, 0.15) is 5.82 Å². The van der Waals surface area contributed by atoms with Gasteiger partial charge in [0.2, 0.25) is 0 Å². The monoisotopic (exact) mass is 545 g/mol. The summed E-state index contributed by atoms with van der Waals surface area (Å²) in [4.78, 5) is 21.3. The molecule has 0 bridgehead atoms. The number of amidine groups is 1. The first-order valence-corrected chi connectivity index (χ1v) is 14.1. The number of benzene rings is 4. The van der Waals surface area contributed by atoms with Crippen LogP contribution in [0.3, 0.4) is 0 Å². The van der Waals surface area contributed by atoms with Crippen LogP contribution in [0.15, 0.2) is 119 Å². The van der Waals surface area contributed by atoms with E-state index in [9.17, 15) is 9.18 Å². The average molecular weight is 546 g/mol. The van der Waals surface area contributed by atoms with Crippen molar-refractivity contribution >= 4 is 45.5 Å². The first-order valence-electron chi connectivity index (χ1n) is 13.2. The van der Waals surface area contributed by atoms with Gasteiger partial charge in [-0.25, -0.2) is 9.38 Å². The Balaban J connectivity index is 1.44. The Morgan fingerprint density at radius 1 is 0.900 bits per heavy atom. The quantitative estimate of drug-likeness (QED) is 0.201. The van der Waals surface area contributed by atoms with Gasteiger partial charge in [0.25, 0.3) is 5.91 Å². The number of aliphatic imine (C=N–C) groups is 1. The standard InChI is InChI=1S/C34H28FN3OS/c1-23(26-13-5-3-6-14-26)38-33(39)32(40-34(38)36-28-16-7-4-8-17-28)21-30-24(2)37(31-19-10-9-18-29(30)31)22-25-12-11-15-27(35)20-25/h3-21,23H,22H2,1-2H3/b32-21+,36-34?/t23-/m0/s1. The molecule has 6 rings (SSSR count). The van der Waals surface area contributed by atoms with Crippen molar-refractivity contribution in [3.63, 3.8) is 0 Å². The number of fused-ring (bicyclic) bond motifs is 1. The summed E-state index contributed by atoms with van der Waals surface area (Å²) in [5.41, 5.74) is 5.76. The summed E-state index contributed by atoms with van der Waals surface area (Å²) in [6.45, 7) is 4.62. The highest BCUT2D eigenvalue weighted by molar-refractivity contribution is 8.18. The van der Waals surface area contributed by atoms with E-state index in [2.05, 4.69) is 23.6 Å². The van der Waals surface area contributed by atoms with Crippen molar-refractivity contribution in [2.45, 2.75) is 26.4 Å². The number of hydrogen-bond acceptors (Lipinski definition) is 3. The smallest absolute Gasteiger partial charge is 0.267 e. The molecule has 1 aliphatic rings. The van der Waals surface area contributed by atoms with Crippen LogP contribution in [0.2, 0.25) is 0 Å². The van der Waals surface area contributed by atoms with Crippen LogP contribution in [0, 0.1) is 12.7 Å². The van der Waals surface area contributed by atoms with Crippen LogP contribution in [-0.2, 0) is 11.3 Å². The Bertz CT molecular complexity index is 1760. The molecule has 0 aliphatic carbocycles. The second-order valence-corrected chi connectivity index (χ2v) is 10.8. The van der Waals surface area contributed by atoms with E-state index in [0.717, 1.165) is 39.0 Å². The van der Waals surface area contributed by atoms with Crippen molar-refractivity contribution < 1.29 is 9.18 Å². The SMILES string of the molecule is Cc1c(/C=C2/SC(=Nc3ccccc3)N([C@@H](C)c3ccccc3)C2=O)c2ccccc2n1Cc1cccc(F)c1. The van der Waals surface area contributed by atoms with E-state index in [4.69, 9.17) is 4.99 Å². The number of rotatable bonds is 6. The summed E-state index contributed by atoms with van der Waals surface area (Å²) in [6, 6.07) is 34.4. The maximum absolute atomic E-state index is 14.0. The third kappa shape index (κ3) is 4.98. The van der Waals surface area contributed by atoms with E-state index in [1.54, 1.807) is 17.0 Å². The van der Waals surface area contributed by atoms with Gasteiger partial charge in [-0.15, -0.1) is 0 Å².